The quantitative estimate of drug-likeness (QED) is 0.681. The van der Waals surface area contributed by atoms with Crippen molar-refractivity contribution >= 4 is 27.5 Å². The molecule has 5 heteroatoms. The maximum absolute atomic E-state index is 10.9. The minimum absolute atomic E-state index is 0.0185. The molecule has 0 saturated heterocycles. The van der Waals surface area contributed by atoms with Gasteiger partial charge < -0.3 is 16.2 Å². The fourth-order valence-corrected chi connectivity index (χ4v) is 1.17. The van der Waals surface area contributed by atoms with Crippen molar-refractivity contribution in [1.82, 2.24) is 0 Å². The number of anilines is 1. The summed E-state index contributed by atoms with van der Waals surface area (Å²) in [6.45, 7) is -0.105. The number of amides is 1. The Morgan fingerprint density at radius 2 is 2.31 bits per heavy atom. The lowest BCUT2D eigenvalue weighted by atomic mass is 10.3. The van der Waals surface area contributed by atoms with Crippen molar-refractivity contribution < 1.29 is 9.90 Å². The van der Waals surface area contributed by atoms with Crippen LogP contribution in [0.15, 0.2) is 22.7 Å². The minimum Gasteiger partial charge on any atom is -0.506 e. The number of hydrogen-bond acceptors (Lipinski definition) is 3. The van der Waals surface area contributed by atoms with Gasteiger partial charge in [0.25, 0.3) is 0 Å². The number of halogens is 1. The first-order chi connectivity index (χ1) is 6.13. The summed E-state index contributed by atoms with van der Waals surface area (Å²) in [5.74, 6) is -0.321. The van der Waals surface area contributed by atoms with Crippen LogP contribution in [0.5, 0.6) is 5.75 Å². The summed E-state index contributed by atoms with van der Waals surface area (Å²) in [7, 11) is 0. The number of nitrogens with one attached hydrogen (secondary N) is 1. The second kappa shape index (κ2) is 4.25. The van der Waals surface area contributed by atoms with Gasteiger partial charge >= 0.3 is 0 Å². The van der Waals surface area contributed by atoms with Gasteiger partial charge in [0.1, 0.15) is 5.75 Å². The number of aromatic hydroxyl groups is 1. The second-order valence-electron chi connectivity index (χ2n) is 2.41. The highest BCUT2D eigenvalue weighted by molar-refractivity contribution is 9.10. The molecule has 13 heavy (non-hydrogen) atoms. The van der Waals surface area contributed by atoms with E-state index < -0.39 is 0 Å². The number of carbonyl (C=O) groups is 1. The number of carbonyl (C=O) groups excluding carboxylic acids is 1. The summed E-state index contributed by atoms with van der Waals surface area (Å²) >= 11 is 3.21. The van der Waals surface area contributed by atoms with E-state index >= 15 is 0 Å². The van der Waals surface area contributed by atoms with Crippen molar-refractivity contribution in [3.8, 4) is 5.75 Å². The Labute approximate surface area is 83.9 Å². The van der Waals surface area contributed by atoms with E-state index in [1.807, 2.05) is 0 Å². The molecule has 0 saturated carbocycles. The van der Waals surface area contributed by atoms with Crippen LogP contribution in [0.2, 0.25) is 0 Å². The molecule has 0 aliphatic carbocycles. The third-order valence-corrected chi connectivity index (χ3v) is 1.91. The van der Waals surface area contributed by atoms with E-state index in [9.17, 15) is 9.90 Å². The number of hydrogen-bond donors (Lipinski definition) is 3. The molecule has 4 nitrogen and oxygen atoms in total. The summed E-state index contributed by atoms with van der Waals surface area (Å²) in [5.41, 5.74) is 5.45. The molecule has 0 aliphatic heterocycles. The average Bonchev–Trinajstić information content (AvgIpc) is 2.11. The van der Waals surface area contributed by atoms with E-state index in [2.05, 4.69) is 21.2 Å². The predicted octanol–water partition coefficient (Wildman–Crippen LogP) is 1.05. The summed E-state index contributed by atoms with van der Waals surface area (Å²) in [6.07, 6.45) is 0. The molecule has 0 atom stereocenters. The minimum atomic E-state index is -0.339. The van der Waals surface area contributed by atoms with Crippen LogP contribution in [-0.4, -0.2) is 17.6 Å². The Hall–Kier alpha value is -1.07. The lowest BCUT2D eigenvalue weighted by Crippen LogP contribution is -2.21. The molecule has 1 rings (SSSR count). The normalized spacial score (nSPS) is 9.69. The van der Waals surface area contributed by atoms with Gasteiger partial charge in [-0.2, -0.15) is 0 Å². The van der Waals surface area contributed by atoms with Gasteiger partial charge in [0.15, 0.2) is 0 Å². The topological polar surface area (TPSA) is 75.4 Å². The van der Waals surface area contributed by atoms with Gasteiger partial charge in [0, 0.05) is 4.47 Å². The van der Waals surface area contributed by atoms with Gasteiger partial charge in [-0.15, -0.1) is 0 Å². The third-order valence-electron chi connectivity index (χ3n) is 1.42. The van der Waals surface area contributed by atoms with Gasteiger partial charge in [-0.1, -0.05) is 15.9 Å². The fourth-order valence-electron chi connectivity index (χ4n) is 0.810. The molecule has 0 fully saturated rings. The van der Waals surface area contributed by atoms with Crippen LogP contribution in [-0.2, 0) is 4.79 Å². The molecule has 0 aromatic heterocycles. The van der Waals surface area contributed by atoms with Crippen molar-refractivity contribution in [2.24, 2.45) is 5.73 Å². The summed E-state index contributed by atoms with van der Waals surface area (Å²) in [6, 6.07) is 4.76. The molecule has 1 aromatic carbocycles. The standard InChI is InChI=1S/C8H9BrN2O2/c9-5-1-2-7(12)6(3-5)11-8(13)4-10/h1-3,12H,4,10H2,(H,11,13). The Balaban J connectivity index is 2.87. The largest absolute Gasteiger partial charge is 0.506 e. The molecule has 0 unspecified atom stereocenters. The van der Waals surface area contributed by atoms with Crippen molar-refractivity contribution in [2.45, 2.75) is 0 Å². The van der Waals surface area contributed by atoms with Gasteiger partial charge in [-0.25, -0.2) is 0 Å². The van der Waals surface area contributed by atoms with Crippen LogP contribution < -0.4 is 11.1 Å². The SMILES string of the molecule is NCC(=O)Nc1cc(Br)ccc1O. The summed E-state index contributed by atoms with van der Waals surface area (Å²) in [5, 5.41) is 11.8. The van der Waals surface area contributed by atoms with Crippen LogP contribution in [0.25, 0.3) is 0 Å². The first-order valence-electron chi connectivity index (χ1n) is 3.62. The molecule has 1 aromatic rings. The lowest BCUT2D eigenvalue weighted by molar-refractivity contribution is -0.114. The number of benzene rings is 1. The van der Waals surface area contributed by atoms with E-state index in [4.69, 9.17) is 5.73 Å². The highest BCUT2D eigenvalue weighted by Crippen LogP contribution is 2.26. The van der Waals surface area contributed by atoms with E-state index in [0.717, 1.165) is 4.47 Å². The number of rotatable bonds is 2. The maximum Gasteiger partial charge on any atom is 0.238 e. The van der Waals surface area contributed by atoms with E-state index in [-0.39, 0.29) is 18.2 Å². The molecule has 0 heterocycles. The van der Waals surface area contributed by atoms with E-state index in [1.54, 1.807) is 12.1 Å². The smallest absolute Gasteiger partial charge is 0.238 e. The predicted molar refractivity (Wildman–Crippen MR) is 53.5 cm³/mol. The second-order valence-corrected chi connectivity index (χ2v) is 3.33. The molecule has 4 N–H and O–H groups in total. The van der Waals surface area contributed by atoms with Crippen molar-refractivity contribution in [2.75, 3.05) is 11.9 Å². The molecule has 1 amide bonds. The first-order valence-corrected chi connectivity index (χ1v) is 4.41. The molecule has 70 valence electrons. The molecule has 0 spiro atoms. The maximum atomic E-state index is 10.9. The average molecular weight is 245 g/mol. The first kappa shape index (κ1) is 10.0. The number of nitrogens with two attached hydrogens (primary N) is 1. The Kier molecular flexibility index (Phi) is 3.27. The third kappa shape index (κ3) is 2.71. The van der Waals surface area contributed by atoms with Crippen LogP contribution in [0.3, 0.4) is 0 Å². The zero-order valence-electron chi connectivity index (χ0n) is 6.75. The molecule has 0 bridgehead atoms. The summed E-state index contributed by atoms with van der Waals surface area (Å²) in [4.78, 5) is 10.9. The van der Waals surface area contributed by atoms with Crippen molar-refractivity contribution in [3.63, 3.8) is 0 Å². The van der Waals surface area contributed by atoms with Gasteiger partial charge in [-0.05, 0) is 18.2 Å². The molecular formula is C8H9BrN2O2. The van der Waals surface area contributed by atoms with Gasteiger partial charge in [0.2, 0.25) is 5.91 Å². The molecular weight excluding hydrogens is 236 g/mol. The Morgan fingerprint density at radius 1 is 1.62 bits per heavy atom. The zero-order chi connectivity index (χ0) is 9.84. The Bertz CT molecular complexity index is 328. The highest BCUT2D eigenvalue weighted by atomic mass is 79.9. The van der Waals surface area contributed by atoms with Gasteiger partial charge in [0.05, 0.1) is 12.2 Å². The highest BCUT2D eigenvalue weighted by Gasteiger charge is 2.04. The number of phenolic OH excluding ortho intramolecular Hbond substituents is 1. The van der Waals surface area contributed by atoms with Crippen molar-refractivity contribution in [3.05, 3.63) is 22.7 Å². The lowest BCUT2D eigenvalue weighted by Gasteiger charge is -2.05. The van der Waals surface area contributed by atoms with Crippen LogP contribution in [0, 0.1) is 0 Å². The molecule has 0 aliphatic rings. The van der Waals surface area contributed by atoms with Crippen LogP contribution >= 0.6 is 15.9 Å². The van der Waals surface area contributed by atoms with Gasteiger partial charge in [-0.3, -0.25) is 4.79 Å². The van der Waals surface area contributed by atoms with E-state index in [0.29, 0.717) is 5.69 Å². The van der Waals surface area contributed by atoms with Crippen molar-refractivity contribution in [1.29, 1.82) is 0 Å². The molecule has 0 radical (unpaired) electrons. The fraction of sp³-hybridized carbons (Fsp3) is 0.125. The zero-order valence-corrected chi connectivity index (χ0v) is 8.34. The number of phenols is 1. The monoisotopic (exact) mass is 244 g/mol. The van der Waals surface area contributed by atoms with Crippen LogP contribution in [0.1, 0.15) is 0 Å². The van der Waals surface area contributed by atoms with Crippen LogP contribution in [0.4, 0.5) is 5.69 Å². The Morgan fingerprint density at radius 3 is 2.92 bits per heavy atom. The summed E-state index contributed by atoms with van der Waals surface area (Å²) < 4.78 is 0.776. The van der Waals surface area contributed by atoms with E-state index in [1.165, 1.54) is 6.07 Å².